The number of hydrogen-bond donors (Lipinski definition) is 2. The third kappa shape index (κ3) is 4.02. The van der Waals surface area contributed by atoms with Crippen LogP contribution in [-0.4, -0.2) is 27.5 Å². The van der Waals surface area contributed by atoms with E-state index in [0.717, 1.165) is 17.3 Å². The maximum atomic E-state index is 12.5. The number of nitrogens with two attached hydrogens (primary N) is 1. The Bertz CT molecular complexity index is 775. The summed E-state index contributed by atoms with van der Waals surface area (Å²) >= 11 is 3.36. The maximum Gasteiger partial charge on any atom is 0.261 e. The van der Waals surface area contributed by atoms with Gasteiger partial charge in [-0.3, -0.25) is 14.2 Å². The fourth-order valence-electron chi connectivity index (χ4n) is 2.64. The van der Waals surface area contributed by atoms with Crippen molar-refractivity contribution in [2.75, 3.05) is 6.54 Å². The molecule has 6 nitrogen and oxygen atoms in total. The van der Waals surface area contributed by atoms with Crippen LogP contribution >= 0.6 is 15.9 Å². The van der Waals surface area contributed by atoms with Gasteiger partial charge >= 0.3 is 0 Å². The smallest absolute Gasteiger partial charge is 0.261 e. The Morgan fingerprint density at radius 2 is 2.08 bits per heavy atom. The molecule has 3 N–H and O–H groups in total. The molecule has 2 aromatic rings. The van der Waals surface area contributed by atoms with Crippen molar-refractivity contribution in [2.24, 2.45) is 5.73 Å². The second-order valence-electron chi connectivity index (χ2n) is 5.89. The van der Waals surface area contributed by atoms with Crippen LogP contribution in [0.25, 0.3) is 10.9 Å². The highest BCUT2D eigenvalue weighted by atomic mass is 79.9. The molecular formula is C17H23BrN4O2. The molecule has 1 aromatic heterocycles. The van der Waals surface area contributed by atoms with Gasteiger partial charge < -0.3 is 11.1 Å². The number of benzene rings is 1. The molecule has 7 heteroatoms. The van der Waals surface area contributed by atoms with Gasteiger partial charge in [0.15, 0.2) is 0 Å². The molecule has 0 aliphatic rings. The van der Waals surface area contributed by atoms with Crippen LogP contribution in [0.4, 0.5) is 0 Å². The van der Waals surface area contributed by atoms with E-state index in [4.69, 9.17) is 5.73 Å². The minimum atomic E-state index is -0.367. The Kier molecular flexibility index (Phi) is 6.12. The summed E-state index contributed by atoms with van der Waals surface area (Å²) in [6, 6.07) is 5.37. The highest BCUT2D eigenvalue weighted by molar-refractivity contribution is 9.10. The number of hydrogen-bond acceptors (Lipinski definition) is 4. The summed E-state index contributed by atoms with van der Waals surface area (Å²) in [5.41, 5.74) is 5.93. The lowest BCUT2D eigenvalue weighted by Crippen LogP contribution is -2.53. The first-order chi connectivity index (χ1) is 11.4. The second kappa shape index (κ2) is 7.90. The average molecular weight is 395 g/mol. The van der Waals surface area contributed by atoms with E-state index in [1.165, 1.54) is 10.9 Å². The van der Waals surface area contributed by atoms with E-state index in [1.54, 1.807) is 12.1 Å². The van der Waals surface area contributed by atoms with E-state index in [2.05, 4.69) is 26.2 Å². The molecule has 0 fully saturated rings. The predicted molar refractivity (Wildman–Crippen MR) is 98.8 cm³/mol. The zero-order chi connectivity index (χ0) is 17.7. The number of rotatable bonds is 7. The zero-order valence-corrected chi connectivity index (χ0v) is 15.6. The van der Waals surface area contributed by atoms with Gasteiger partial charge in [0.2, 0.25) is 5.91 Å². The number of halogens is 1. The molecular weight excluding hydrogens is 372 g/mol. The molecule has 0 radical (unpaired) electrons. The molecule has 0 unspecified atom stereocenters. The molecule has 2 rings (SSSR count). The molecule has 130 valence electrons. The quantitative estimate of drug-likeness (QED) is 0.752. The monoisotopic (exact) mass is 394 g/mol. The number of aromatic nitrogens is 2. The first-order valence-electron chi connectivity index (χ1n) is 8.10. The Hall–Kier alpha value is -1.73. The van der Waals surface area contributed by atoms with Crippen LogP contribution in [0.3, 0.4) is 0 Å². The zero-order valence-electron chi connectivity index (χ0n) is 14.0. The van der Waals surface area contributed by atoms with Crippen LogP contribution in [0.15, 0.2) is 33.8 Å². The van der Waals surface area contributed by atoms with E-state index in [0.29, 0.717) is 17.4 Å². The first kappa shape index (κ1) is 18.6. The number of nitrogens with zero attached hydrogens (tertiary/aromatic N) is 2. The molecule has 0 bridgehead atoms. The topological polar surface area (TPSA) is 90.0 Å². The number of fused-ring (bicyclic) bond motifs is 1. The minimum Gasteiger partial charge on any atom is -0.349 e. The first-order valence-corrected chi connectivity index (χ1v) is 8.89. The number of aryl methyl sites for hydroxylation is 1. The molecule has 1 heterocycles. The van der Waals surface area contributed by atoms with Gasteiger partial charge in [0.05, 0.1) is 22.8 Å². The number of carbonyl (C=O) groups excluding carboxylic acids is 1. The van der Waals surface area contributed by atoms with E-state index in [9.17, 15) is 9.59 Å². The van der Waals surface area contributed by atoms with Gasteiger partial charge in [0, 0.05) is 24.0 Å². The van der Waals surface area contributed by atoms with Crippen LogP contribution in [0.2, 0.25) is 0 Å². The van der Waals surface area contributed by atoms with Crippen molar-refractivity contribution in [3.8, 4) is 0 Å². The van der Waals surface area contributed by atoms with Crippen molar-refractivity contribution in [3.63, 3.8) is 0 Å². The van der Waals surface area contributed by atoms with Crippen LogP contribution in [0.5, 0.6) is 0 Å². The third-order valence-corrected chi connectivity index (χ3v) is 5.01. The Labute approximate surface area is 149 Å². The molecule has 0 aliphatic heterocycles. The Morgan fingerprint density at radius 1 is 1.38 bits per heavy atom. The SMILES string of the molecule is CCC(CC)(CN)NC(=O)CCn1cnc2ccc(Br)cc2c1=O. The van der Waals surface area contributed by atoms with Crippen LogP contribution in [-0.2, 0) is 11.3 Å². The number of amides is 1. The average Bonchev–Trinajstić information content (AvgIpc) is 2.60. The maximum absolute atomic E-state index is 12.5. The molecule has 0 saturated carbocycles. The van der Waals surface area contributed by atoms with Gasteiger partial charge in [-0.2, -0.15) is 0 Å². The summed E-state index contributed by atoms with van der Waals surface area (Å²) < 4.78 is 2.29. The summed E-state index contributed by atoms with van der Waals surface area (Å²) in [6.45, 7) is 4.70. The lowest BCUT2D eigenvalue weighted by atomic mass is 9.93. The Balaban J connectivity index is 2.12. The highest BCUT2D eigenvalue weighted by Crippen LogP contribution is 2.15. The molecule has 0 saturated heterocycles. The molecule has 1 aromatic carbocycles. The number of carbonyl (C=O) groups is 1. The fraction of sp³-hybridized carbons (Fsp3) is 0.471. The normalized spacial score (nSPS) is 11.7. The molecule has 1 amide bonds. The van der Waals surface area contributed by atoms with Crippen LogP contribution in [0, 0.1) is 0 Å². The van der Waals surface area contributed by atoms with Gasteiger partial charge in [-0.05, 0) is 31.0 Å². The highest BCUT2D eigenvalue weighted by Gasteiger charge is 2.25. The lowest BCUT2D eigenvalue weighted by Gasteiger charge is -2.31. The lowest BCUT2D eigenvalue weighted by molar-refractivity contribution is -0.123. The molecule has 0 aliphatic carbocycles. The molecule has 0 spiro atoms. The summed E-state index contributed by atoms with van der Waals surface area (Å²) in [7, 11) is 0. The number of nitrogens with one attached hydrogen (secondary N) is 1. The van der Waals surface area contributed by atoms with Gasteiger partial charge in [0.1, 0.15) is 0 Å². The summed E-state index contributed by atoms with van der Waals surface area (Å²) in [6.07, 6.45) is 3.25. The van der Waals surface area contributed by atoms with E-state index in [1.807, 2.05) is 19.9 Å². The van der Waals surface area contributed by atoms with Crippen molar-refractivity contribution in [1.29, 1.82) is 0 Å². The minimum absolute atomic E-state index is 0.106. The van der Waals surface area contributed by atoms with Crippen molar-refractivity contribution in [1.82, 2.24) is 14.9 Å². The second-order valence-corrected chi connectivity index (χ2v) is 6.81. The molecule has 0 atom stereocenters. The van der Waals surface area contributed by atoms with Gasteiger partial charge in [-0.15, -0.1) is 0 Å². The van der Waals surface area contributed by atoms with Crippen molar-refractivity contribution >= 4 is 32.7 Å². The van der Waals surface area contributed by atoms with Gasteiger partial charge in [0.25, 0.3) is 5.56 Å². The van der Waals surface area contributed by atoms with E-state index in [-0.39, 0.29) is 30.0 Å². The summed E-state index contributed by atoms with van der Waals surface area (Å²) in [5, 5.41) is 3.54. The Morgan fingerprint density at radius 3 is 2.71 bits per heavy atom. The van der Waals surface area contributed by atoms with Crippen molar-refractivity contribution in [2.45, 2.75) is 45.2 Å². The fourth-order valence-corrected chi connectivity index (χ4v) is 3.00. The molecule has 24 heavy (non-hydrogen) atoms. The largest absolute Gasteiger partial charge is 0.349 e. The van der Waals surface area contributed by atoms with E-state index < -0.39 is 0 Å². The van der Waals surface area contributed by atoms with Gasteiger partial charge in [-0.25, -0.2) is 4.98 Å². The van der Waals surface area contributed by atoms with E-state index >= 15 is 0 Å². The summed E-state index contributed by atoms with van der Waals surface area (Å²) in [4.78, 5) is 29.0. The van der Waals surface area contributed by atoms with Crippen LogP contribution in [0.1, 0.15) is 33.1 Å². The van der Waals surface area contributed by atoms with Crippen molar-refractivity contribution < 1.29 is 4.79 Å². The third-order valence-electron chi connectivity index (χ3n) is 4.51. The van der Waals surface area contributed by atoms with Crippen molar-refractivity contribution in [3.05, 3.63) is 39.4 Å². The predicted octanol–water partition coefficient (Wildman–Crippen LogP) is 2.18. The summed E-state index contributed by atoms with van der Waals surface area (Å²) in [5.74, 6) is -0.106. The van der Waals surface area contributed by atoms with Gasteiger partial charge in [-0.1, -0.05) is 29.8 Å². The standard InChI is InChI=1S/C17H23BrN4O2/c1-3-17(4-2,10-19)21-15(23)7-8-22-11-20-14-6-5-12(18)9-13(14)16(22)24/h5-6,9,11H,3-4,7-8,10,19H2,1-2H3,(H,21,23). The van der Waals surface area contributed by atoms with Crippen LogP contribution < -0.4 is 16.6 Å².